The van der Waals surface area contributed by atoms with Crippen LogP contribution in [0.2, 0.25) is 0 Å². The van der Waals surface area contributed by atoms with Crippen molar-refractivity contribution in [3.05, 3.63) is 28.2 Å². The highest BCUT2D eigenvalue weighted by atomic mass is 79.9. The molecule has 0 amide bonds. The number of rotatable bonds is 4. The van der Waals surface area contributed by atoms with Gasteiger partial charge >= 0.3 is 5.97 Å². The smallest absolute Gasteiger partial charge is 0.347 e. The summed E-state index contributed by atoms with van der Waals surface area (Å²) >= 11 is 3.01. The lowest BCUT2D eigenvalue weighted by molar-refractivity contribution is -0.150. The third-order valence-corrected chi connectivity index (χ3v) is 2.52. The van der Waals surface area contributed by atoms with Gasteiger partial charge in [0.2, 0.25) is 0 Å². The van der Waals surface area contributed by atoms with Gasteiger partial charge in [0.25, 0.3) is 0 Å². The molecule has 0 radical (unpaired) electrons. The van der Waals surface area contributed by atoms with E-state index in [4.69, 9.17) is 9.47 Å². The quantitative estimate of drug-likeness (QED) is 0.633. The highest BCUT2D eigenvalue weighted by Crippen LogP contribution is 2.28. The number of hydrogen-bond acceptors (Lipinski definition) is 3. The van der Waals surface area contributed by atoms with E-state index in [9.17, 15) is 13.6 Å². The topological polar surface area (TPSA) is 35.5 Å². The van der Waals surface area contributed by atoms with Crippen molar-refractivity contribution in [2.75, 3.05) is 6.61 Å². The van der Waals surface area contributed by atoms with E-state index in [-0.39, 0.29) is 16.8 Å². The van der Waals surface area contributed by atoms with Gasteiger partial charge in [0.15, 0.2) is 17.7 Å². The molecule has 0 spiro atoms. The average molecular weight is 309 g/mol. The van der Waals surface area contributed by atoms with Crippen LogP contribution >= 0.6 is 15.9 Å². The van der Waals surface area contributed by atoms with Crippen LogP contribution in [-0.2, 0) is 9.53 Å². The maximum absolute atomic E-state index is 13.0. The Morgan fingerprint density at radius 3 is 2.59 bits per heavy atom. The number of carbonyl (C=O) groups is 1. The monoisotopic (exact) mass is 308 g/mol. The lowest BCUT2D eigenvalue weighted by Gasteiger charge is -2.14. The number of carbonyl (C=O) groups excluding carboxylic acids is 1. The summed E-state index contributed by atoms with van der Waals surface area (Å²) in [5.74, 6) is -2.55. The normalized spacial score (nSPS) is 12.1. The highest BCUT2D eigenvalue weighted by molar-refractivity contribution is 9.10. The Morgan fingerprint density at radius 1 is 1.41 bits per heavy atom. The minimum Gasteiger partial charge on any atom is -0.478 e. The molecule has 1 aromatic carbocycles. The van der Waals surface area contributed by atoms with Crippen LogP contribution in [0.3, 0.4) is 0 Å². The number of benzene rings is 1. The van der Waals surface area contributed by atoms with Gasteiger partial charge in [-0.25, -0.2) is 13.6 Å². The highest BCUT2D eigenvalue weighted by Gasteiger charge is 2.18. The van der Waals surface area contributed by atoms with Crippen molar-refractivity contribution in [1.82, 2.24) is 0 Å². The van der Waals surface area contributed by atoms with E-state index < -0.39 is 23.7 Å². The Bertz CT molecular complexity index is 423. The zero-order valence-corrected chi connectivity index (χ0v) is 10.9. The van der Waals surface area contributed by atoms with E-state index >= 15 is 0 Å². The van der Waals surface area contributed by atoms with Gasteiger partial charge < -0.3 is 9.47 Å². The summed E-state index contributed by atoms with van der Waals surface area (Å²) in [5.41, 5.74) is 0. The third kappa shape index (κ3) is 3.66. The first-order chi connectivity index (χ1) is 7.95. The fourth-order valence-electron chi connectivity index (χ4n) is 1.09. The Balaban J connectivity index is 2.81. The van der Waals surface area contributed by atoms with E-state index in [1.807, 2.05) is 0 Å². The van der Waals surface area contributed by atoms with Gasteiger partial charge in [-0.3, -0.25) is 0 Å². The maximum atomic E-state index is 13.0. The van der Waals surface area contributed by atoms with Crippen molar-refractivity contribution in [1.29, 1.82) is 0 Å². The molecular formula is C11H11BrF2O3. The molecule has 6 heteroatoms. The van der Waals surface area contributed by atoms with Gasteiger partial charge in [-0.05, 0) is 35.8 Å². The van der Waals surface area contributed by atoms with E-state index in [0.717, 1.165) is 12.1 Å². The van der Waals surface area contributed by atoms with Crippen molar-refractivity contribution >= 4 is 21.9 Å². The number of hydrogen-bond donors (Lipinski definition) is 0. The molecule has 0 bridgehead atoms. The zero-order chi connectivity index (χ0) is 13.0. The SMILES string of the molecule is CCOC(=O)[C@@H](C)Oc1cc(F)c(F)cc1Br. The zero-order valence-electron chi connectivity index (χ0n) is 9.30. The Hall–Kier alpha value is -1.17. The van der Waals surface area contributed by atoms with Gasteiger partial charge in [-0.15, -0.1) is 0 Å². The second kappa shape index (κ2) is 5.95. The Morgan fingerprint density at radius 2 is 2.00 bits per heavy atom. The van der Waals surface area contributed by atoms with Crippen LogP contribution in [0.1, 0.15) is 13.8 Å². The summed E-state index contributed by atoms with van der Waals surface area (Å²) in [7, 11) is 0. The third-order valence-electron chi connectivity index (χ3n) is 1.90. The first kappa shape index (κ1) is 13.9. The lowest BCUT2D eigenvalue weighted by atomic mass is 10.3. The predicted octanol–water partition coefficient (Wildman–Crippen LogP) is 3.06. The molecular weight excluding hydrogens is 298 g/mol. The first-order valence-corrected chi connectivity index (χ1v) is 5.72. The van der Waals surface area contributed by atoms with Crippen LogP contribution in [0.15, 0.2) is 16.6 Å². The molecule has 0 fully saturated rings. The van der Waals surface area contributed by atoms with Gasteiger partial charge in [-0.2, -0.15) is 0 Å². The molecule has 0 saturated heterocycles. The molecule has 0 aromatic heterocycles. The van der Waals surface area contributed by atoms with Crippen LogP contribution in [0, 0.1) is 11.6 Å². The molecule has 94 valence electrons. The molecule has 0 aliphatic heterocycles. The molecule has 3 nitrogen and oxygen atoms in total. The largest absolute Gasteiger partial charge is 0.478 e. The molecule has 1 rings (SSSR count). The molecule has 0 unspecified atom stereocenters. The van der Waals surface area contributed by atoms with E-state index in [1.54, 1.807) is 6.92 Å². The van der Waals surface area contributed by atoms with Crippen molar-refractivity contribution in [3.63, 3.8) is 0 Å². The first-order valence-electron chi connectivity index (χ1n) is 4.93. The molecule has 1 atom stereocenters. The molecule has 0 saturated carbocycles. The summed E-state index contributed by atoms with van der Waals surface area (Å²) in [6.07, 6.45) is -0.892. The fraction of sp³-hybridized carbons (Fsp3) is 0.364. The second-order valence-electron chi connectivity index (χ2n) is 3.21. The minimum absolute atomic E-state index is 0.0458. The van der Waals surface area contributed by atoms with Crippen molar-refractivity contribution in [2.45, 2.75) is 20.0 Å². The average Bonchev–Trinajstić information content (AvgIpc) is 2.26. The number of esters is 1. The van der Waals surface area contributed by atoms with E-state index in [1.165, 1.54) is 6.92 Å². The summed E-state index contributed by atoms with van der Waals surface area (Å²) in [6.45, 7) is 3.36. The van der Waals surface area contributed by atoms with Crippen molar-refractivity contribution < 1.29 is 23.0 Å². The Kier molecular flexibility index (Phi) is 4.86. The van der Waals surface area contributed by atoms with Gasteiger partial charge in [0, 0.05) is 6.07 Å². The van der Waals surface area contributed by atoms with Crippen LogP contribution in [-0.4, -0.2) is 18.7 Å². The van der Waals surface area contributed by atoms with Crippen molar-refractivity contribution in [3.8, 4) is 5.75 Å². The van der Waals surface area contributed by atoms with Gasteiger partial charge in [0.1, 0.15) is 5.75 Å². The van der Waals surface area contributed by atoms with Crippen LogP contribution < -0.4 is 4.74 Å². The fourth-order valence-corrected chi connectivity index (χ4v) is 1.50. The van der Waals surface area contributed by atoms with Crippen LogP contribution in [0.4, 0.5) is 8.78 Å². The number of halogens is 3. The Labute approximate surface area is 106 Å². The van der Waals surface area contributed by atoms with E-state index in [2.05, 4.69) is 15.9 Å². The summed E-state index contributed by atoms with van der Waals surface area (Å²) < 4.78 is 35.9. The lowest BCUT2D eigenvalue weighted by Crippen LogP contribution is -2.26. The maximum Gasteiger partial charge on any atom is 0.347 e. The molecule has 0 heterocycles. The second-order valence-corrected chi connectivity index (χ2v) is 4.06. The van der Waals surface area contributed by atoms with Crippen molar-refractivity contribution in [2.24, 2.45) is 0 Å². The molecule has 0 N–H and O–H groups in total. The van der Waals surface area contributed by atoms with E-state index in [0.29, 0.717) is 0 Å². The standard InChI is InChI=1S/C11H11BrF2O3/c1-3-16-11(15)6(2)17-10-5-9(14)8(13)4-7(10)12/h4-6H,3H2,1-2H3/t6-/m1/s1. The predicted molar refractivity (Wildman–Crippen MR) is 60.8 cm³/mol. The van der Waals surface area contributed by atoms with Gasteiger partial charge in [-0.1, -0.05) is 0 Å². The van der Waals surface area contributed by atoms with Crippen LogP contribution in [0.5, 0.6) is 5.75 Å². The van der Waals surface area contributed by atoms with Crippen LogP contribution in [0.25, 0.3) is 0 Å². The summed E-state index contributed by atoms with van der Waals surface area (Å²) in [6, 6.07) is 1.80. The molecule has 0 aliphatic rings. The summed E-state index contributed by atoms with van der Waals surface area (Å²) in [5, 5.41) is 0. The number of ether oxygens (including phenoxy) is 2. The summed E-state index contributed by atoms with van der Waals surface area (Å²) in [4.78, 5) is 11.3. The van der Waals surface area contributed by atoms with Gasteiger partial charge in [0.05, 0.1) is 11.1 Å². The molecule has 17 heavy (non-hydrogen) atoms. The molecule has 1 aromatic rings. The molecule has 0 aliphatic carbocycles. The minimum atomic E-state index is -1.04.